The van der Waals surface area contributed by atoms with E-state index in [1.165, 1.54) is 7.11 Å². The lowest BCUT2D eigenvalue weighted by Gasteiger charge is -1.96. The fraction of sp³-hybridized carbons (Fsp3) is 0.333. The number of ether oxygens (including phenoxy) is 1. The molecule has 0 aliphatic rings. The van der Waals surface area contributed by atoms with Gasteiger partial charge in [-0.3, -0.25) is 9.48 Å². The molecule has 0 unspecified atom stereocenters. The second kappa shape index (κ2) is 4.45. The molecule has 4 nitrogen and oxygen atoms in total. The van der Waals surface area contributed by atoms with Gasteiger partial charge in [0.25, 0.3) is 0 Å². The lowest BCUT2D eigenvalue weighted by molar-refractivity contribution is -0.122. The molecule has 0 amide bonds. The summed E-state index contributed by atoms with van der Waals surface area (Å²) in [4.78, 5) is 11.5. The third kappa shape index (κ3) is 1.97. The van der Waals surface area contributed by atoms with Gasteiger partial charge in [0.05, 0.1) is 17.6 Å². The molecule has 0 radical (unpaired) electrons. The molecule has 0 saturated carbocycles. The number of para-hydroxylation sites is 1. The Hall–Kier alpha value is -1.68. The molecular formula is C12H14N2O2. The number of benzene rings is 1. The summed E-state index contributed by atoms with van der Waals surface area (Å²) < 4.78 is 6.61. The number of aromatic nitrogens is 2. The van der Waals surface area contributed by atoms with Crippen LogP contribution in [0.15, 0.2) is 24.3 Å². The van der Waals surface area contributed by atoms with Gasteiger partial charge in [-0.1, -0.05) is 18.2 Å². The topological polar surface area (TPSA) is 44.1 Å². The molecular weight excluding hydrogens is 204 g/mol. The van der Waals surface area contributed by atoms with E-state index < -0.39 is 0 Å². The molecule has 0 spiro atoms. The van der Waals surface area contributed by atoms with Crippen LogP contribution in [0.1, 0.15) is 5.69 Å². The summed E-state index contributed by atoms with van der Waals surface area (Å²) in [6.07, 6.45) is 0.329. The van der Waals surface area contributed by atoms with E-state index >= 15 is 0 Å². The predicted octanol–water partition coefficient (Wildman–Crippen LogP) is 1.33. The highest BCUT2D eigenvalue weighted by Gasteiger charge is 2.11. The molecule has 0 N–H and O–H groups in total. The Bertz CT molecular complexity index is 517. The smallest absolute Gasteiger partial charge is 0.164 e. The number of aryl methyl sites for hydroxylation is 1. The Balaban J connectivity index is 2.34. The summed E-state index contributed by atoms with van der Waals surface area (Å²) in [7, 11) is 3.40. The third-order valence-corrected chi connectivity index (χ3v) is 2.50. The minimum absolute atomic E-state index is 0.0475. The number of methoxy groups -OCH3 is 1. The molecule has 2 rings (SSSR count). The van der Waals surface area contributed by atoms with Crippen LogP contribution in [0.5, 0.6) is 0 Å². The SMILES string of the molecule is COCC(=O)Cc1nn(C)c2ccccc12. The summed E-state index contributed by atoms with van der Waals surface area (Å²) in [5, 5.41) is 5.39. The highest BCUT2D eigenvalue weighted by atomic mass is 16.5. The van der Waals surface area contributed by atoms with Gasteiger partial charge in [0.1, 0.15) is 6.61 Å². The van der Waals surface area contributed by atoms with Gasteiger partial charge in [0.2, 0.25) is 0 Å². The molecule has 1 aromatic carbocycles. The van der Waals surface area contributed by atoms with Crippen LogP contribution in [-0.2, 0) is 23.0 Å². The van der Waals surface area contributed by atoms with E-state index in [9.17, 15) is 4.79 Å². The van der Waals surface area contributed by atoms with Crippen molar-refractivity contribution in [3.8, 4) is 0 Å². The van der Waals surface area contributed by atoms with Crippen molar-refractivity contribution in [2.24, 2.45) is 7.05 Å². The normalized spacial score (nSPS) is 10.9. The molecule has 0 bridgehead atoms. The van der Waals surface area contributed by atoms with Crippen LogP contribution in [-0.4, -0.2) is 29.3 Å². The zero-order valence-corrected chi connectivity index (χ0v) is 9.43. The summed E-state index contributed by atoms with van der Waals surface area (Å²) in [5.41, 5.74) is 1.86. The average Bonchev–Trinajstić information content (AvgIpc) is 2.57. The molecule has 1 heterocycles. The Morgan fingerprint density at radius 1 is 1.44 bits per heavy atom. The number of Topliss-reactive ketones (excluding diaryl/α,β-unsaturated/α-hetero) is 1. The number of hydrogen-bond donors (Lipinski definition) is 0. The van der Waals surface area contributed by atoms with Crippen LogP contribution in [0.4, 0.5) is 0 Å². The van der Waals surface area contributed by atoms with E-state index in [0.717, 1.165) is 16.6 Å². The summed E-state index contributed by atoms with van der Waals surface area (Å²) in [5.74, 6) is 0.0475. The van der Waals surface area contributed by atoms with Gasteiger partial charge in [-0.25, -0.2) is 0 Å². The second-order valence-electron chi connectivity index (χ2n) is 3.74. The number of carbonyl (C=O) groups excluding carboxylic acids is 1. The van der Waals surface area contributed by atoms with E-state index in [1.807, 2.05) is 31.3 Å². The summed E-state index contributed by atoms with van der Waals surface area (Å²) >= 11 is 0. The first-order valence-electron chi connectivity index (χ1n) is 5.13. The largest absolute Gasteiger partial charge is 0.377 e. The number of nitrogens with zero attached hydrogens (tertiary/aromatic N) is 2. The van der Waals surface area contributed by atoms with Crippen molar-refractivity contribution in [1.82, 2.24) is 9.78 Å². The maximum absolute atomic E-state index is 11.5. The zero-order valence-electron chi connectivity index (χ0n) is 9.43. The van der Waals surface area contributed by atoms with Crippen molar-refractivity contribution in [2.75, 3.05) is 13.7 Å². The third-order valence-electron chi connectivity index (χ3n) is 2.50. The second-order valence-corrected chi connectivity index (χ2v) is 3.74. The summed E-state index contributed by atoms with van der Waals surface area (Å²) in [6.45, 7) is 0.144. The monoisotopic (exact) mass is 218 g/mol. The summed E-state index contributed by atoms with van der Waals surface area (Å²) in [6, 6.07) is 7.89. The highest BCUT2D eigenvalue weighted by molar-refractivity contribution is 5.89. The van der Waals surface area contributed by atoms with E-state index in [1.54, 1.807) is 4.68 Å². The van der Waals surface area contributed by atoms with Crippen molar-refractivity contribution in [3.63, 3.8) is 0 Å². The van der Waals surface area contributed by atoms with Crippen LogP contribution in [0.25, 0.3) is 10.9 Å². The van der Waals surface area contributed by atoms with Crippen LogP contribution in [0.3, 0.4) is 0 Å². The van der Waals surface area contributed by atoms with Crippen LogP contribution in [0, 0.1) is 0 Å². The molecule has 4 heteroatoms. The standard InChI is InChI=1S/C12H14N2O2/c1-14-12-6-4-3-5-10(12)11(13-14)7-9(15)8-16-2/h3-6H,7-8H2,1-2H3. The van der Waals surface area contributed by atoms with Gasteiger partial charge >= 0.3 is 0 Å². The van der Waals surface area contributed by atoms with Gasteiger partial charge in [0, 0.05) is 19.5 Å². The molecule has 2 aromatic rings. The van der Waals surface area contributed by atoms with Gasteiger partial charge in [-0.05, 0) is 6.07 Å². The van der Waals surface area contributed by atoms with Crippen LogP contribution in [0.2, 0.25) is 0 Å². The molecule has 0 saturated heterocycles. The van der Waals surface area contributed by atoms with Crippen LogP contribution < -0.4 is 0 Å². The Morgan fingerprint density at radius 3 is 2.94 bits per heavy atom. The van der Waals surface area contributed by atoms with Crippen molar-refractivity contribution in [1.29, 1.82) is 0 Å². The molecule has 0 aliphatic carbocycles. The van der Waals surface area contributed by atoms with Crippen molar-refractivity contribution >= 4 is 16.7 Å². The molecule has 0 atom stereocenters. The molecule has 84 valence electrons. The number of carbonyl (C=O) groups is 1. The first-order valence-corrected chi connectivity index (χ1v) is 5.13. The van der Waals surface area contributed by atoms with E-state index in [2.05, 4.69) is 5.10 Å². The zero-order chi connectivity index (χ0) is 11.5. The van der Waals surface area contributed by atoms with Gasteiger partial charge < -0.3 is 4.74 Å². The minimum atomic E-state index is 0.0475. The van der Waals surface area contributed by atoms with Gasteiger partial charge in [0.15, 0.2) is 5.78 Å². The Kier molecular flexibility index (Phi) is 3.01. The molecule has 1 aromatic heterocycles. The first kappa shape index (κ1) is 10.8. The maximum Gasteiger partial charge on any atom is 0.164 e. The number of hydrogen-bond acceptors (Lipinski definition) is 3. The maximum atomic E-state index is 11.5. The molecule has 16 heavy (non-hydrogen) atoms. The fourth-order valence-electron chi connectivity index (χ4n) is 1.82. The van der Waals surface area contributed by atoms with Crippen LogP contribution >= 0.6 is 0 Å². The van der Waals surface area contributed by atoms with E-state index in [4.69, 9.17) is 4.74 Å². The fourth-order valence-corrected chi connectivity index (χ4v) is 1.82. The molecule has 0 fully saturated rings. The highest BCUT2D eigenvalue weighted by Crippen LogP contribution is 2.17. The Labute approximate surface area is 93.8 Å². The van der Waals surface area contributed by atoms with Gasteiger partial charge in [-0.2, -0.15) is 5.10 Å². The van der Waals surface area contributed by atoms with Crippen molar-refractivity contribution in [2.45, 2.75) is 6.42 Å². The van der Waals surface area contributed by atoms with Crippen molar-refractivity contribution < 1.29 is 9.53 Å². The quantitative estimate of drug-likeness (QED) is 0.777. The first-order chi connectivity index (χ1) is 7.72. The minimum Gasteiger partial charge on any atom is -0.377 e. The lowest BCUT2D eigenvalue weighted by atomic mass is 10.1. The molecule has 0 aliphatic heterocycles. The van der Waals surface area contributed by atoms with E-state index in [-0.39, 0.29) is 12.4 Å². The Morgan fingerprint density at radius 2 is 2.19 bits per heavy atom. The number of ketones is 1. The number of rotatable bonds is 4. The average molecular weight is 218 g/mol. The van der Waals surface area contributed by atoms with E-state index in [0.29, 0.717) is 6.42 Å². The van der Waals surface area contributed by atoms with Crippen molar-refractivity contribution in [3.05, 3.63) is 30.0 Å². The van der Waals surface area contributed by atoms with Gasteiger partial charge in [-0.15, -0.1) is 0 Å². The lowest BCUT2D eigenvalue weighted by Crippen LogP contribution is -2.10. The number of fused-ring (bicyclic) bond motifs is 1. The predicted molar refractivity (Wildman–Crippen MR) is 61.3 cm³/mol.